The lowest BCUT2D eigenvalue weighted by Gasteiger charge is -2.26. The molecule has 0 saturated heterocycles. The predicted octanol–water partition coefficient (Wildman–Crippen LogP) is 2.48. The van der Waals surface area contributed by atoms with Crippen molar-refractivity contribution in [1.82, 2.24) is 0 Å². The third-order valence-electron chi connectivity index (χ3n) is 2.73. The Labute approximate surface area is 107 Å². The highest BCUT2D eigenvalue weighted by atomic mass is 16.7. The highest BCUT2D eigenvalue weighted by molar-refractivity contribution is 5.22. The van der Waals surface area contributed by atoms with Gasteiger partial charge in [0.2, 0.25) is 6.29 Å². The summed E-state index contributed by atoms with van der Waals surface area (Å²) in [5, 5.41) is 0. The van der Waals surface area contributed by atoms with Gasteiger partial charge in [-0.2, -0.15) is 0 Å². The van der Waals surface area contributed by atoms with E-state index in [0.29, 0.717) is 18.8 Å². The Hall–Kier alpha value is -1.76. The van der Waals surface area contributed by atoms with Crippen LogP contribution in [0.15, 0.2) is 42.2 Å². The van der Waals surface area contributed by atoms with Crippen LogP contribution in [0.3, 0.4) is 0 Å². The Morgan fingerprint density at radius 2 is 2.17 bits per heavy atom. The number of benzene rings is 1. The first-order valence-corrected chi connectivity index (χ1v) is 5.85. The number of rotatable bonds is 4. The molecular formula is C15H16O3. The SMILES string of the molecule is C#CC1=C[C@H](OCc2ccccc2)C[C@@H](OC)O1. The van der Waals surface area contributed by atoms with Crippen LogP contribution in [-0.4, -0.2) is 19.5 Å². The average Bonchev–Trinajstić information content (AvgIpc) is 2.45. The van der Waals surface area contributed by atoms with Crippen LogP contribution in [0.25, 0.3) is 0 Å². The van der Waals surface area contributed by atoms with Crippen molar-refractivity contribution < 1.29 is 14.2 Å². The van der Waals surface area contributed by atoms with Gasteiger partial charge in [-0.1, -0.05) is 30.3 Å². The van der Waals surface area contributed by atoms with Crippen molar-refractivity contribution in [2.24, 2.45) is 0 Å². The molecule has 2 atom stereocenters. The van der Waals surface area contributed by atoms with Crippen molar-refractivity contribution in [1.29, 1.82) is 0 Å². The Morgan fingerprint density at radius 3 is 2.83 bits per heavy atom. The number of terminal acetylenes is 1. The first-order chi connectivity index (χ1) is 8.81. The third kappa shape index (κ3) is 3.36. The lowest BCUT2D eigenvalue weighted by Crippen LogP contribution is -2.28. The summed E-state index contributed by atoms with van der Waals surface area (Å²) in [7, 11) is 1.60. The summed E-state index contributed by atoms with van der Waals surface area (Å²) >= 11 is 0. The van der Waals surface area contributed by atoms with Crippen LogP contribution in [-0.2, 0) is 20.8 Å². The highest BCUT2D eigenvalue weighted by Gasteiger charge is 2.23. The lowest BCUT2D eigenvalue weighted by atomic mass is 10.1. The first kappa shape index (κ1) is 12.7. The van der Waals surface area contributed by atoms with Crippen LogP contribution >= 0.6 is 0 Å². The van der Waals surface area contributed by atoms with Gasteiger partial charge < -0.3 is 14.2 Å². The van der Waals surface area contributed by atoms with Gasteiger partial charge in [0.1, 0.15) is 0 Å². The van der Waals surface area contributed by atoms with E-state index in [9.17, 15) is 0 Å². The number of methoxy groups -OCH3 is 1. The maximum absolute atomic E-state index is 5.80. The predicted molar refractivity (Wildman–Crippen MR) is 68.4 cm³/mol. The minimum absolute atomic E-state index is 0.0741. The largest absolute Gasteiger partial charge is 0.457 e. The number of ether oxygens (including phenoxy) is 3. The molecule has 0 fully saturated rings. The van der Waals surface area contributed by atoms with E-state index in [-0.39, 0.29) is 12.4 Å². The van der Waals surface area contributed by atoms with Crippen LogP contribution in [0.2, 0.25) is 0 Å². The molecule has 0 aliphatic carbocycles. The maximum Gasteiger partial charge on any atom is 0.203 e. The van der Waals surface area contributed by atoms with Gasteiger partial charge in [-0.05, 0) is 17.6 Å². The Morgan fingerprint density at radius 1 is 1.39 bits per heavy atom. The molecule has 0 spiro atoms. The van der Waals surface area contributed by atoms with Gasteiger partial charge in [-0.3, -0.25) is 0 Å². The van der Waals surface area contributed by atoms with Crippen molar-refractivity contribution in [2.75, 3.05) is 7.11 Å². The zero-order chi connectivity index (χ0) is 12.8. The molecule has 1 aliphatic heterocycles. The smallest absolute Gasteiger partial charge is 0.203 e. The van der Waals surface area contributed by atoms with Crippen molar-refractivity contribution in [3.63, 3.8) is 0 Å². The quantitative estimate of drug-likeness (QED) is 0.762. The summed E-state index contributed by atoms with van der Waals surface area (Å²) < 4.78 is 16.4. The number of allylic oxidation sites excluding steroid dienone is 1. The van der Waals surface area contributed by atoms with E-state index in [2.05, 4.69) is 5.92 Å². The molecule has 2 rings (SSSR count). The fraction of sp³-hybridized carbons (Fsp3) is 0.333. The Kier molecular flexibility index (Phi) is 4.40. The molecule has 3 nitrogen and oxygen atoms in total. The molecule has 3 heteroatoms. The average molecular weight is 244 g/mol. The van der Waals surface area contributed by atoms with Gasteiger partial charge in [0.15, 0.2) is 5.76 Å². The van der Waals surface area contributed by atoms with Crippen molar-refractivity contribution in [3.8, 4) is 12.3 Å². The molecule has 1 aliphatic rings. The molecular weight excluding hydrogens is 228 g/mol. The Bertz CT molecular complexity index is 445. The molecule has 1 heterocycles. The minimum atomic E-state index is -0.332. The van der Waals surface area contributed by atoms with Crippen LogP contribution in [0, 0.1) is 12.3 Å². The molecule has 0 saturated carbocycles. The highest BCUT2D eigenvalue weighted by Crippen LogP contribution is 2.20. The monoisotopic (exact) mass is 244 g/mol. The third-order valence-corrected chi connectivity index (χ3v) is 2.73. The van der Waals surface area contributed by atoms with Gasteiger partial charge >= 0.3 is 0 Å². The van der Waals surface area contributed by atoms with E-state index in [1.165, 1.54) is 0 Å². The Balaban J connectivity index is 1.94. The molecule has 1 aromatic carbocycles. The normalized spacial score (nSPS) is 22.8. The first-order valence-electron chi connectivity index (χ1n) is 5.85. The van der Waals surface area contributed by atoms with Crippen molar-refractivity contribution in [3.05, 3.63) is 47.7 Å². The van der Waals surface area contributed by atoms with Crippen LogP contribution in [0.4, 0.5) is 0 Å². The topological polar surface area (TPSA) is 27.7 Å². The molecule has 0 aromatic heterocycles. The van der Waals surface area contributed by atoms with Crippen LogP contribution in [0.5, 0.6) is 0 Å². The zero-order valence-corrected chi connectivity index (χ0v) is 10.3. The van der Waals surface area contributed by atoms with Gasteiger partial charge in [0, 0.05) is 13.5 Å². The summed E-state index contributed by atoms with van der Waals surface area (Å²) in [6, 6.07) is 10.0. The fourth-order valence-electron chi connectivity index (χ4n) is 1.78. The second-order valence-corrected chi connectivity index (χ2v) is 4.03. The van der Waals surface area contributed by atoms with Crippen molar-refractivity contribution >= 4 is 0 Å². The van der Waals surface area contributed by atoms with Crippen LogP contribution in [0.1, 0.15) is 12.0 Å². The molecule has 18 heavy (non-hydrogen) atoms. The van der Waals surface area contributed by atoms with Crippen molar-refractivity contribution in [2.45, 2.75) is 25.4 Å². The van der Waals surface area contributed by atoms with Crippen LogP contribution < -0.4 is 0 Å². The second kappa shape index (κ2) is 6.25. The summed E-state index contributed by atoms with van der Waals surface area (Å²) in [5.41, 5.74) is 1.13. The molecule has 0 N–H and O–H groups in total. The molecule has 0 unspecified atom stereocenters. The minimum Gasteiger partial charge on any atom is -0.457 e. The fourth-order valence-corrected chi connectivity index (χ4v) is 1.78. The standard InChI is InChI=1S/C15H16O3/c1-3-13-9-14(10-15(16-2)18-13)17-11-12-7-5-4-6-8-12/h1,4-9,14-15H,10-11H2,2H3/t14-,15-/m0/s1. The molecule has 0 bridgehead atoms. The van der Waals surface area contributed by atoms with E-state index in [0.717, 1.165) is 5.56 Å². The maximum atomic E-state index is 5.80. The van der Waals surface area contributed by atoms with Gasteiger partial charge in [0.05, 0.1) is 12.7 Å². The molecule has 0 radical (unpaired) electrons. The zero-order valence-electron chi connectivity index (χ0n) is 10.3. The van der Waals surface area contributed by atoms with E-state index >= 15 is 0 Å². The van der Waals surface area contributed by atoms with Gasteiger partial charge in [-0.25, -0.2) is 0 Å². The molecule has 0 amide bonds. The number of hydrogen-bond acceptors (Lipinski definition) is 3. The molecule has 1 aromatic rings. The van der Waals surface area contributed by atoms with E-state index < -0.39 is 0 Å². The number of hydrogen-bond donors (Lipinski definition) is 0. The van der Waals surface area contributed by atoms with E-state index in [1.54, 1.807) is 7.11 Å². The summed E-state index contributed by atoms with van der Waals surface area (Å²) in [6.07, 6.45) is 7.39. The second-order valence-electron chi connectivity index (χ2n) is 4.03. The summed E-state index contributed by atoms with van der Waals surface area (Å²) in [4.78, 5) is 0. The summed E-state index contributed by atoms with van der Waals surface area (Å²) in [6.45, 7) is 0.552. The molecule has 94 valence electrons. The van der Waals surface area contributed by atoms with Gasteiger partial charge in [0.25, 0.3) is 0 Å². The summed E-state index contributed by atoms with van der Waals surface area (Å²) in [5.74, 6) is 2.95. The van der Waals surface area contributed by atoms with E-state index in [4.69, 9.17) is 20.6 Å². The van der Waals surface area contributed by atoms with Gasteiger partial charge in [-0.15, -0.1) is 6.42 Å². The lowest BCUT2D eigenvalue weighted by molar-refractivity contribution is -0.127. The van der Waals surface area contributed by atoms with E-state index in [1.807, 2.05) is 36.4 Å².